The zero-order valence-corrected chi connectivity index (χ0v) is 23.7. The van der Waals surface area contributed by atoms with Gasteiger partial charge in [-0.05, 0) is 83.5 Å². The number of guanidine groups is 1. The maximum atomic E-state index is 13.5. The molecule has 0 heterocycles. The molecule has 0 aliphatic heterocycles. The molecule has 2 rings (SSSR count). The molecule has 2 aromatic carbocycles. The van der Waals surface area contributed by atoms with Crippen molar-refractivity contribution in [1.29, 1.82) is 0 Å². The molecule has 0 aliphatic carbocycles. The minimum Gasteiger partial charge on any atom is -0.444 e. The first kappa shape index (κ1) is 33.5. The van der Waals surface area contributed by atoms with Crippen LogP contribution in [0.1, 0.15) is 63.0 Å². The SMILES string of the molecule is CC(C)(C)OC(=O)/N=C(\NC(=O)OC(C)(C)C)Nc1ccc(C(=O)Oc2ccc(CC(=O)ON)c(C(F)(F)F)c2)cc1. The summed E-state index contributed by atoms with van der Waals surface area (Å²) in [5.74, 6) is 1.87. The van der Waals surface area contributed by atoms with E-state index in [2.05, 4.69) is 20.5 Å². The number of carbonyl (C=O) groups is 4. The van der Waals surface area contributed by atoms with Crippen molar-refractivity contribution in [3.8, 4) is 5.75 Å². The molecule has 0 bridgehead atoms. The number of ether oxygens (including phenoxy) is 3. The standard InChI is InChI=1S/C27H31F3N4O8/c1-25(2,3)40-23(37)33-22(34-24(38)41-26(4,5)6)32-17-10-7-15(8-11-17)21(36)39-18-12-9-16(13-20(35)42-31)19(14-18)27(28,29)30/h7-12,14H,13,31H2,1-6H3,(H2,32,33,34,37,38). The smallest absolute Gasteiger partial charge is 0.437 e. The van der Waals surface area contributed by atoms with Crippen molar-refractivity contribution in [2.45, 2.75) is 65.3 Å². The molecule has 0 atom stereocenters. The molecule has 15 heteroatoms. The lowest BCUT2D eigenvalue weighted by Crippen LogP contribution is -2.40. The Hall–Kier alpha value is -4.66. The van der Waals surface area contributed by atoms with Gasteiger partial charge in [0.2, 0.25) is 5.96 Å². The number of esters is 1. The highest BCUT2D eigenvalue weighted by atomic mass is 19.4. The molecule has 0 radical (unpaired) electrons. The second kappa shape index (κ2) is 13.3. The largest absolute Gasteiger partial charge is 0.444 e. The summed E-state index contributed by atoms with van der Waals surface area (Å²) in [7, 11) is 0. The Kier molecular flexibility index (Phi) is 10.7. The van der Waals surface area contributed by atoms with Gasteiger partial charge in [0.1, 0.15) is 17.0 Å². The first-order chi connectivity index (χ1) is 19.3. The van der Waals surface area contributed by atoms with E-state index in [-0.39, 0.29) is 17.2 Å². The number of hydrogen-bond acceptors (Lipinski definition) is 9. The second-order valence-corrected chi connectivity index (χ2v) is 10.6. The van der Waals surface area contributed by atoms with Crippen molar-refractivity contribution < 1.29 is 51.4 Å². The third-order valence-corrected chi connectivity index (χ3v) is 4.66. The molecule has 0 unspecified atom stereocenters. The predicted molar refractivity (Wildman–Crippen MR) is 143 cm³/mol. The van der Waals surface area contributed by atoms with Gasteiger partial charge in [0, 0.05) is 5.69 Å². The molecule has 2 aromatic rings. The molecule has 0 spiro atoms. The van der Waals surface area contributed by atoms with E-state index in [1.807, 2.05) is 0 Å². The van der Waals surface area contributed by atoms with Crippen molar-refractivity contribution in [3.63, 3.8) is 0 Å². The lowest BCUT2D eigenvalue weighted by Gasteiger charge is -2.21. The summed E-state index contributed by atoms with van der Waals surface area (Å²) < 4.78 is 55.9. The van der Waals surface area contributed by atoms with E-state index < -0.39 is 64.8 Å². The van der Waals surface area contributed by atoms with Gasteiger partial charge in [-0.1, -0.05) is 6.07 Å². The summed E-state index contributed by atoms with van der Waals surface area (Å²) in [6.45, 7) is 9.80. The Morgan fingerprint density at radius 3 is 2.00 bits per heavy atom. The molecule has 0 fully saturated rings. The number of aliphatic imine (C=N–C) groups is 1. The van der Waals surface area contributed by atoms with Gasteiger partial charge in [0.25, 0.3) is 0 Å². The third kappa shape index (κ3) is 11.4. The molecule has 42 heavy (non-hydrogen) atoms. The maximum absolute atomic E-state index is 13.5. The fourth-order valence-electron chi connectivity index (χ4n) is 3.09. The summed E-state index contributed by atoms with van der Waals surface area (Å²) in [4.78, 5) is 56.1. The van der Waals surface area contributed by atoms with E-state index >= 15 is 0 Å². The molecule has 0 saturated heterocycles. The number of nitrogens with two attached hydrogens (primary N) is 1. The third-order valence-electron chi connectivity index (χ3n) is 4.66. The number of carbonyl (C=O) groups excluding carboxylic acids is 4. The van der Waals surface area contributed by atoms with Crippen molar-refractivity contribution in [2.24, 2.45) is 10.9 Å². The molecule has 0 aromatic heterocycles. The minimum absolute atomic E-state index is 0.0457. The van der Waals surface area contributed by atoms with Crippen molar-refractivity contribution >= 4 is 35.8 Å². The van der Waals surface area contributed by atoms with Crippen LogP contribution in [0.3, 0.4) is 0 Å². The van der Waals surface area contributed by atoms with E-state index in [0.717, 1.165) is 12.1 Å². The number of amides is 2. The van der Waals surface area contributed by atoms with Gasteiger partial charge in [0.15, 0.2) is 0 Å². The molecule has 228 valence electrons. The summed E-state index contributed by atoms with van der Waals surface area (Å²) in [6.07, 6.45) is -7.52. The van der Waals surface area contributed by atoms with E-state index in [1.54, 1.807) is 41.5 Å². The van der Waals surface area contributed by atoms with E-state index in [1.165, 1.54) is 24.3 Å². The fourth-order valence-corrected chi connectivity index (χ4v) is 3.09. The summed E-state index contributed by atoms with van der Waals surface area (Å²) in [5.41, 5.74) is -3.13. The number of alkyl halides is 3. The number of nitrogens with zero attached hydrogens (tertiary/aromatic N) is 1. The lowest BCUT2D eigenvalue weighted by atomic mass is 10.0. The first-order valence-electron chi connectivity index (χ1n) is 12.3. The fraction of sp³-hybridized carbons (Fsp3) is 0.370. The highest BCUT2D eigenvalue weighted by Gasteiger charge is 2.34. The van der Waals surface area contributed by atoms with Gasteiger partial charge in [-0.2, -0.15) is 19.1 Å². The van der Waals surface area contributed by atoms with Gasteiger partial charge in [-0.3, -0.25) is 10.1 Å². The van der Waals surface area contributed by atoms with Crippen LogP contribution in [0.5, 0.6) is 5.75 Å². The molecule has 0 saturated carbocycles. The number of halogens is 3. The quantitative estimate of drug-likeness (QED) is 0.139. The van der Waals surface area contributed by atoms with E-state index in [4.69, 9.17) is 20.1 Å². The zero-order valence-electron chi connectivity index (χ0n) is 23.7. The Morgan fingerprint density at radius 2 is 1.48 bits per heavy atom. The van der Waals surface area contributed by atoms with Crippen LogP contribution >= 0.6 is 0 Å². The molecule has 4 N–H and O–H groups in total. The van der Waals surface area contributed by atoms with Crippen LogP contribution in [0.2, 0.25) is 0 Å². The van der Waals surface area contributed by atoms with Crippen LogP contribution in [0.25, 0.3) is 0 Å². The van der Waals surface area contributed by atoms with Crippen molar-refractivity contribution in [3.05, 3.63) is 59.2 Å². The van der Waals surface area contributed by atoms with Gasteiger partial charge in [-0.15, -0.1) is 4.99 Å². The van der Waals surface area contributed by atoms with Crippen molar-refractivity contribution in [1.82, 2.24) is 5.32 Å². The van der Waals surface area contributed by atoms with Crippen LogP contribution in [-0.4, -0.2) is 41.3 Å². The Balaban J connectivity index is 2.22. The number of rotatable bonds is 5. The number of alkyl carbamates (subject to hydrolysis) is 1. The number of anilines is 1. The minimum atomic E-state index is -4.86. The summed E-state index contributed by atoms with van der Waals surface area (Å²) >= 11 is 0. The van der Waals surface area contributed by atoms with Gasteiger partial charge in [-0.25, -0.2) is 14.4 Å². The van der Waals surface area contributed by atoms with Crippen LogP contribution in [0.4, 0.5) is 28.4 Å². The monoisotopic (exact) mass is 596 g/mol. The summed E-state index contributed by atoms with van der Waals surface area (Å²) in [6, 6.07) is 7.91. The average Bonchev–Trinajstić information content (AvgIpc) is 2.82. The lowest BCUT2D eigenvalue weighted by molar-refractivity contribution is -0.144. The molecular weight excluding hydrogens is 565 g/mol. The molecular formula is C27H31F3N4O8. The highest BCUT2D eigenvalue weighted by molar-refractivity contribution is 6.06. The second-order valence-electron chi connectivity index (χ2n) is 10.6. The number of hydrogen-bond donors (Lipinski definition) is 3. The molecule has 12 nitrogen and oxygen atoms in total. The van der Waals surface area contributed by atoms with Gasteiger partial charge < -0.3 is 24.4 Å². The van der Waals surface area contributed by atoms with Gasteiger partial charge >= 0.3 is 30.3 Å². The predicted octanol–water partition coefficient (Wildman–Crippen LogP) is 5.11. The number of nitrogens with one attached hydrogen (secondary N) is 2. The van der Waals surface area contributed by atoms with Crippen LogP contribution in [0, 0.1) is 0 Å². The normalized spacial score (nSPS) is 12.2. The first-order valence-corrected chi connectivity index (χ1v) is 12.3. The maximum Gasteiger partial charge on any atom is 0.437 e. The van der Waals surface area contributed by atoms with Crippen molar-refractivity contribution in [2.75, 3.05) is 5.32 Å². The highest BCUT2D eigenvalue weighted by Crippen LogP contribution is 2.35. The Morgan fingerprint density at radius 1 is 0.881 bits per heavy atom. The average molecular weight is 597 g/mol. The zero-order chi connectivity index (χ0) is 31.9. The van der Waals surface area contributed by atoms with Gasteiger partial charge in [0.05, 0.1) is 17.5 Å². The summed E-state index contributed by atoms with van der Waals surface area (Å²) in [5, 5.41) is 5.00. The topological polar surface area (TPSA) is 168 Å². The number of benzene rings is 2. The van der Waals surface area contributed by atoms with Crippen LogP contribution in [-0.2, 0) is 31.7 Å². The molecule has 0 aliphatic rings. The Bertz CT molecular complexity index is 1350. The molecule has 2 amide bonds. The Labute approximate surface area is 239 Å². The van der Waals surface area contributed by atoms with E-state index in [9.17, 15) is 32.3 Å². The van der Waals surface area contributed by atoms with Crippen LogP contribution < -0.4 is 21.3 Å². The van der Waals surface area contributed by atoms with E-state index in [0.29, 0.717) is 6.07 Å². The van der Waals surface area contributed by atoms with Crippen LogP contribution in [0.15, 0.2) is 47.5 Å².